The van der Waals surface area contributed by atoms with E-state index >= 15 is 0 Å². The predicted octanol–water partition coefficient (Wildman–Crippen LogP) is 10.4. The highest BCUT2D eigenvalue weighted by molar-refractivity contribution is 7.85. The van der Waals surface area contributed by atoms with Gasteiger partial charge in [0.05, 0.1) is 11.2 Å². The van der Waals surface area contributed by atoms with Crippen molar-refractivity contribution in [2.45, 2.75) is 124 Å². The van der Waals surface area contributed by atoms with Crippen LogP contribution in [0, 0.1) is 12.3 Å². The van der Waals surface area contributed by atoms with Crippen LogP contribution in [0.3, 0.4) is 0 Å². The molecule has 2 aromatic rings. The maximum atomic E-state index is 11.4. The molecule has 2 aromatic carbocycles. The first-order chi connectivity index (χ1) is 24.8. The minimum absolute atomic E-state index is 0.0756. The zero-order valence-corrected chi connectivity index (χ0v) is 34.1. The number of allylic oxidation sites excluding steroid dienone is 8. The summed E-state index contributed by atoms with van der Waals surface area (Å²) in [6.45, 7) is 19.8. The summed E-state index contributed by atoms with van der Waals surface area (Å²) in [4.78, 5) is 13.5. The quantitative estimate of drug-likeness (QED) is 0.114. The molecule has 3 aliphatic rings. The fraction of sp³-hybridized carbons (Fsp3) is 0.511. The molecule has 0 bridgehead atoms. The number of hydrogen-bond acceptors (Lipinski definition) is 4. The average Bonchev–Trinajstić information content (AvgIpc) is 3.41. The van der Waals surface area contributed by atoms with Crippen molar-refractivity contribution < 1.29 is 27.4 Å². The van der Waals surface area contributed by atoms with Crippen LogP contribution in [0.5, 0.6) is 0 Å². The second-order valence-corrected chi connectivity index (χ2v) is 18.8. The zero-order valence-electron chi connectivity index (χ0n) is 33.3. The van der Waals surface area contributed by atoms with E-state index in [4.69, 9.17) is 5.11 Å². The number of hydrogen-bond donors (Lipinski definition) is 2. The number of fused-ring (bicyclic) bond motifs is 2. The van der Waals surface area contributed by atoms with Crippen molar-refractivity contribution in [3.63, 3.8) is 0 Å². The highest BCUT2D eigenvalue weighted by Crippen LogP contribution is 2.49. The number of aliphatic carboxylic acids is 1. The van der Waals surface area contributed by atoms with E-state index in [2.05, 4.69) is 132 Å². The highest BCUT2D eigenvalue weighted by Gasteiger charge is 2.44. The number of rotatable bonds is 14. The van der Waals surface area contributed by atoms with Gasteiger partial charge in [-0.15, -0.1) is 0 Å². The van der Waals surface area contributed by atoms with Crippen molar-refractivity contribution in [2.75, 3.05) is 23.7 Å². The Balaban J connectivity index is 1.52. The minimum Gasteiger partial charge on any atom is -0.481 e. The van der Waals surface area contributed by atoms with E-state index < -0.39 is 16.1 Å². The summed E-state index contributed by atoms with van der Waals surface area (Å²) in [7, 11) is -3.99. The van der Waals surface area contributed by atoms with Gasteiger partial charge in [-0.3, -0.25) is 9.35 Å². The van der Waals surface area contributed by atoms with Crippen LogP contribution >= 0.6 is 0 Å². The smallest absolute Gasteiger partial charge is 0.303 e. The first-order valence-electron chi connectivity index (χ1n) is 19.5. The third kappa shape index (κ3) is 9.14. The normalized spacial score (nSPS) is 19.9. The van der Waals surface area contributed by atoms with Gasteiger partial charge in [-0.1, -0.05) is 76.6 Å². The maximum absolute atomic E-state index is 11.4. The fourth-order valence-corrected chi connectivity index (χ4v) is 9.34. The molecule has 0 saturated heterocycles. The van der Waals surface area contributed by atoms with Gasteiger partial charge in [0.2, 0.25) is 5.69 Å². The van der Waals surface area contributed by atoms with E-state index in [-0.39, 0.29) is 28.4 Å². The van der Waals surface area contributed by atoms with Crippen molar-refractivity contribution in [2.24, 2.45) is 5.41 Å². The number of nitrogens with zero attached hydrogens (tertiary/aromatic N) is 2. The van der Waals surface area contributed by atoms with Crippen LogP contribution in [0.2, 0.25) is 0 Å². The Hall–Kier alpha value is -3.75. The first-order valence-corrected chi connectivity index (χ1v) is 21.1. The van der Waals surface area contributed by atoms with Crippen LogP contribution in [0.4, 0.5) is 11.4 Å². The molecule has 0 amide bonds. The Labute approximate surface area is 318 Å². The largest absolute Gasteiger partial charge is 0.481 e. The first kappa shape index (κ1) is 40.4. The number of aryl methyl sites for hydroxylation is 1. The number of carbonyl (C=O) groups is 1. The molecule has 8 heteroatoms. The summed E-state index contributed by atoms with van der Waals surface area (Å²) in [5, 5.41) is 9.14. The number of benzene rings is 2. The lowest BCUT2D eigenvalue weighted by Gasteiger charge is -2.32. The van der Waals surface area contributed by atoms with Crippen LogP contribution in [-0.2, 0) is 25.7 Å². The lowest BCUT2D eigenvalue weighted by Crippen LogP contribution is -2.28. The SMILES string of the molecule is Cc1ccc2c(c1)C(C)(C)C(/C=C/C1=C(C(C)(C)C)C(=C/C=C3/N(CCCCS(=O)(=O)O)c4ccccc4C3(C)C)/CCC1)=[N+]2CCCCCC(=O)O. The van der Waals surface area contributed by atoms with Crippen molar-refractivity contribution in [1.29, 1.82) is 0 Å². The van der Waals surface area contributed by atoms with Gasteiger partial charge < -0.3 is 10.0 Å². The second kappa shape index (κ2) is 15.9. The third-order valence-corrected chi connectivity index (χ3v) is 12.1. The summed E-state index contributed by atoms with van der Waals surface area (Å²) in [6.07, 6.45) is 16.3. The standard InChI is InChI=1S/C45H60N2O5S/c1-32-22-25-38-36(31-32)45(7,8)40(47(38)28-13-9-10-21-41(48)49)27-24-34-18-16-17-33(42(34)43(2,3)4)23-26-39-44(5,6)35-19-11-12-20-37(35)46(39)29-14-15-30-53(50,51)52/h11-12,19-20,22-27,31H,9-10,13-18,21,28-30H2,1-8H3,(H-,48,49,50,51,52)/p+1. The highest BCUT2D eigenvalue weighted by atomic mass is 32.2. The van der Waals surface area contributed by atoms with Gasteiger partial charge >= 0.3 is 5.97 Å². The van der Waals surface area contributed by atoms with Gasteiger partial charge in [-0.05, 0) is 112 Å². The molecular weight excluding hydrogens is 681 g/mol. The van der Waals surface area contributed by atoms with Gasteiger partial charge in [0.25, 0.3) is 10.1 Å². The minimum atomic E-state index is -3.99. The molecule has 1 aliphatic carbocycles. The van der Waals surface area contributed by atoms with Gasteiger partial charge in [0.15, 0.2) is 5.71 Å². The Morgan fingerprint density at radius 1 is 0.906 bits per heavy atom. The number of anilines is 1. The van der Waals surface area contributed by atoms with E-state index in [0.29, 0.717) is 25.8 Å². The molecule has 53 heavy (non-hydrogen) atoms. The Morgan fingerprint density at radius 2 is 1.64 bits per heavy atom. The van der Waals surface area contributed by atoms with Gasteiger partial charge in [0.1, 0.15) is 6.54 Å². The van der Waals surface area contributed by atoms with Crippen molar-refractivity contribution in [1.82, 2.24) is 0 Å². The van der Waals surface area contributed by atoms with Crippen LogP contribution in [0.15, 0.2) is 89.2 Å². The molecule has 7 nitrogen and oxygen atoms in total. The molecular formula is C45H61N2O5S+. The number of unbranched alkanes of at least 4 members (excludes halogenated alkanes) is 3. The number of carboxylic acids is 1. The Bertz CT molecular complexity index is 1990. The van der Waals surface area contributed by atoms with Crippen LogP contribution in [0.1, 0.15) is 123 Å². The molecule has 286 valence electrons. The molecule has 2 N–H and O–H groups in total. The predicted molar refractivity (Wildman–Crippen MR) is 218 cm³/mol. The average molecular weight is 742 g/mol. The summed E-state index contributed by atoms with van der Waals surface area (Å²) in [5.41, 5.74) is 12.4. The Kier molecular flexibility index (Phi) is 12.1. The lowest BCUT2D eigenvalue weighted by molar-refractivity contribution is -0.438. The van der Waals surface area contributed by atoms with Gasteiger partial charge in [0, 0.05) is 53.9 Å². The molecule has 0 spiro atoms. The van der Waals surface area contributed by atoms with Crippen molar-refractivity contribution in [3.8, 4) is 0 Å². The van der Waals surface area contributed by atoms with Crippen LogP contribution in [0.25, 0.3) is 0 Å². The summed E-state index contributed by atoms with van der Waals surface area (Å²) < 4.78 is 34.6. The van der Waals surface area contributed by atoms with Crippen LogP contribution in [-0.4, -0.2) is 53.2 Å². The third-order valence-electron chi connectivity index (χ3n) is 11.3. The van der Waals surface area contributed by atoms with E-state index in [9.17, 15) is 17.8 Å². The summed E-state index contributed by atoms with van der Waals surface area (Å²) >= 11 is 0. The van der Waals surface area contributed by atoms with Gasteiger partial charge in [-0.25, -0.2) is 0 Å². The van der Waals surface area contributed by atoms with Crippen molar-refractivity contribution >= 4 is 33.2 Å². The molecule has 0 aromatic heterocycles. The topological polar surface area (TPSA) is 97.9 Å². The summed E-state index contributed by atoms with van der Waals surface area (Å²) in [5.74, 6) is -0.955. The molecule has 0 atom stereocenters. The van der Waals surface area contributed by atoms with Crippen LogP contribution < -0.4 is 4.90 Å². The van der Waals surface area contributed by atoms with E-state index in [1.54, 1.807) is 0 Å². The maximum Gasteiger partial charge on any atom is 0.303 e. The number of para-hydroxylation sites is 1. The lowest BCUT2D eigenvalue weighted by atomic mass is 9.73. The van der Waals surface area contributed by atoms with E-state index in [0.717, 1.165) is 44.3 Å². The number of carboxylic acid groups (broad SMARTS) is 1. The zero-order chi connectivity index (χ0) is 38.8. The molecule has 2 aliphatic heterocycles. The fourth-order valence-electron chi connectivity index (χ4n) is 8.77. The molecule has 0 radical (unpaired) electrons. The molecule has 2 heterocycles. The molecule has 0 fully saturated rings. The van der Waals surface area contributed by atoms with Gasteiger partial charge in [-0.2, -0.15) is 13.0 Å². The summed E-state index contributed by atoms with van der Waals surface area (Å²) in [6, 6.07) is 15.3. The van der Waals surface area contributed by atoms with E-state index in [1.165, 1.54) is 50.5 Å². The van der Waals surface area contributed by atoms with E-state index in [1.807, 2.05) is 0 Å². The second-order valence-electron chi connectivity index (χ2n) is 17.3. The monoisotopic (exact) mass is 741 g/mol. The Morgan fingerprint density at radius 3 is 2.34 bits per heavy atom. The molecule has 0 unspecified atom stereocenters. The molecule has 5 rings (SSSR count). The molecule has 0 saturated carbocycles. The van der Waals surface area contributed by atoms with Crippen molar-refractivity contribution in [3.05, 3.63) is 106 Å².